The van der Waals surface area contributed by atoms with Crippen LogP contribution in [0.4, 0.5) is 8.78 Å². The van der Waals surface area contributed by atoms with E-state index in [0.717, 1.165) is 52.3 Å². The van der Waals surface area contributed by atoms with Gasteiger partial charge in [0.1, 0.15) is 73.7 Å². The molecule has 1 aliphatic heterocycles. The smallest absolute Gasteiger partial charge is 0.254 e. The highest BCUT2D eigenvalue weighted by molar-refractivity contribution is 5.98. The molecule has 0 spiro atoms. The maximum atomic E-state index is 13.0. The van der Waals surface area contributed by atoms with Crippen LogP contribution in [-0.2, 0) is 0 Å². The van der Waals surface area contributed by atoms with Crippen molar-refractivity contribution in [1.82, 2.24) is 34.2 Å². The number of aromatic nitrogens is 4. The minimum absolute atomic E-state index is 0.00464. The molecule has 1 aliphatic rings. The molecule has 1 fully saturated rings. The van der Waals surface area contributed by atoms with E-state index in [4.69, 9.17) is 24.1 Å². The van der Waals surface area contributed by atoms with Crippen molar-refractivity contribution in [3.05, 3.63) is 169 Å². The molecule has 0 unspecified atom stereocenters. The number of carbonyl (C=O) groups is 2. The largest absolute Gasteiger partial charge is 0.490 e. The number of piperazine rings is 1. The van der Waals surface area contributed by atoms with Gasteiger partial charge in [-0.1, -0.05) is 0 Å². The number of hydrogen-bond donors (Lipinski definition) is 2. The van der Waals surface area contributed by atoms with Crippen LogP contribution in [0.1, 0.15) is 27.6 Å². The van der Waals surface area contributed by atoms with Crippen LogP contribution in [-0.4, -0.2) is 118 Å². The Bertz CT molecular complexity index is 2900. The third-order valence-electron chi connectivity index (χ3n) is 11.1. The first-order chi connectivity index (χ1) is 33.2. The Hall–Kier alpha value is -7.82. The molecule has 2 N–H and O–H groups in total. The molecular formula is C52H51F2N7O7. The van der Waals surface area contributed by atoms with Gasteiger partial charge in [-0.15, -0.1) is 0 Å². The standard InChI is InChI=1S/C28H29FN4O4.C24H22FN3O3/c29-22-2-6-24(7-3-22)36-17-18-37-25-8-4-23(5-9-25)33-20-30-26-19-21(1-10-27(26)33)28(35)32-13-11-31(12-14-32)15-16-34;1-2-26-24(29)17-3-12-23-22(15-17)27-16-28(23)19-6-10-21(11-7-19)31-14-13-30-20-8-4-18(25)5-9-20/h1-10,19-20,34H,11-18H2;3-12,15-16H,2,13-14H2,1H3,(H,26,29). The molecule has 68 heavy (non-hydrogen) atoms. The molecule has 0 atom stereocenters. The summed E-state index contributed by atoms with van der Waals surface area (Å²) in [7, 11) is 0. The van der Waals surface area contributed by atoms with Crippen LogP contribution in [0.15, 0.2) is 146 Å². The predicted molar refractivity (Wildman–Crippen MR) is 254 cm³/mol. The summed E-state index contributed by atoms with van der Waals surface area (Å²) in [6.45, 7) is 7.51. The van der Waals surface area contributed by atoms with Gasteiger partial charge in [-0.3, -0.25) is 23.6 Å². The van der Waals surface area contributed by atoms with E-state index in [9.17, 15) is 18.4 Å². The number of amides is 2. The van der Waals surface area contributed by atoms with Gasteiger partial charge in [-0.25, -0.2) is 18.7 Å². The lowest BCUT2D eigenvalue weighted by atomic mass is 10.1. The van der Waals surface area contributed by atoms with Crippen LogP contribution < -0.4 is 24.3 Å². The van der Waals surface area contributed by atoms with E-state index < -0.39 is 0 Å². The number of fused-ring (bicyclic) bond motifs is 2. The lowest BCUT2D eigenvalue weighted by Crippen LogP contribution is -2.49. The molecule has 8 aromatic rings. The minimum Gasteiger partial charge on any atom is -0.490 e. The topological polar surface area (TPSA) is 145 Å². The van der Waals surface area contributed by atoms with Crippen molar-refractivity contribution in [2.24, 2.45) is 0 Å². The maximum Gasteiger partial charge on any atom is 0.254 e. The molecule has 16 heteroatoms. The quantitative estimate of drug-likeness (QED) is 0.0871. The Labute approximate surface area is 391 Å². The van der Waals surface area contributed by atoms with Gasteiger partial charge in [0, 0.05) is 61.8 Å². The number of imidazole rings is 2. The lowest BCUT2D eigenvalue weighted by Gasteiger charge is -2.34. The number of β-amino-alcohol motifs (C(OH)–C–C–N with tert-alkyl or cyclic N) is 1. The number of benzene rings is 6. The average Bonchev–Trinajstić information content (AvgIpc) is 4.00. The zero-order valence-corrected chi connectivity index (χ0v) is 37.5. The van der Waals surface area contributed by atoms with E-state index in [1.54, 1.807) is 49.1 Å². The summed E-state index contributed by atoms with van der Waals surface area (Å²) in [6.07, 6.45) is 3.48. The van der Waals surface area contributed by atoms with Gasteiger partial charge in [0.2, 0.25) is 0 Å². The lowest BCUT2D eigenvalue weighted by molar-refractivity contribution is 0.0615. The molecule has 0 aliphatic carbocycles. The Kier molecular flexibility index (Phi) is 15.5. The number of carbonyl (C=O) groups excluding carboxylic acids is 2. The van der Waals surface area contributed by atoms with Gasteiger partial charge in [0.15, 0.2) is 0 Å². The summed E-state index contributed by atoms with van der Waals surface area (Å²) in [4.78, 5) is 38.0. The summed E-state index contributed by atoms with van der Waals surface area (Å²) in [6, 6.07) is 38.1. The number of nitrogens with one attached hydrogen (secondary N) is 1. The van der Waals surface area contributed by atoms with Crippen molar-refractivity contribution in [3.63, 3.8) is 0 Å². The van der Waals surface area contributed by atoms with Gasteiger partial charge in [0.05, 0.1) is 28.7 Å². The summed E-state index contributed by atoms with van der Waals surface area (Å²) in [5.41, 5.74) is 6.40. The first-order valence-corrected chi connectivity index (χ1v) is 22.3. The fourth-order valence-electron chi connectivity index (χ4n) is 7.58. The van der Waals surface area contributed by atoms with Crippen LogP contribution in [0, 0.1) is 11.6 Å². The van der Waals surface area contributed by atoms with Crippen molar-refractivity contribution in [2.75, 3.05) is 72.3 Å². The Morgan fingerprint density at radius 1 is 0.574 bits per heavy atom. The van der Waals surface area contributed by atoms with Crippen LogP contribution >= 0.6 is 0 Å². The minimum atomic E-state index is -0.298. The monoisotopic (exact) mass is 923 g/mol. The van der Waals surface area contributed by atoms with Crippen LogP contribution in [0.25, 0.3) is 33.4 Å². The van der Waals surface area contributed by atoms with Crippen molar-refractivity contribution in [3.8, 4) is 34.4 Å². The summed E-state index contributed by atoms with van der Waals surface area (Å²) in [5, 5.41) is 11.9. The highest BCUT2D eigenvalue weighted by Crippen LogP contribution is 2.24. The third kappa shape index (κ3) is 11.9. The fourth-order valence-corrected chi connectivity index (χ4v) is 7.58. The average molecular weight is 924 g/mol. The molecular weight excluding hydrogens is 873 g/mol. The molecule has 9 rings (SSSR count). The molecule has 2 aromatic heterocycles. The SMILES string of the molecule is CCNC(=O)c1ccc2c(c1)ncn2-c1ccc(OCCOc2ccc(F)cc2)cc1.O=C(c1ccc2c(c1)ncn2-c1ccc(OCCOc2ccc(F)cc2)cc1)N1CCN(CCO)CC1. The van der Waals surface area contributed by atoms with Gasteiger partial charge in [-0.05, 0) is 140 Å². The van der Waals surface area contributed by atoms with Crippen molar-refractivity contribution in [1.29, 1.82) is 0 Å². The molecule has 0 radical (unpaired) electrons. The van der Waals surface area contributed by atoms with Gasteiger partial charge < -0.3 is 34.3 Å². The van der Waals surface area contributed by atoms with Crippen molar-refractivity contribution >= 4 is 33.9 Å². The first-order valence-electron chi connectivity index (χ1n) is 22.3. The predicted octanol–water partition coefficient (Wildman–Crippen LogP) is 7.74. The normalized spacial score (nSPS) is 12.6. The van der Waals surface area contributed by atoms with Gasteiger partial charge in [0.25, 0.3) is 11.8 Å². The second-order valence-electron chi connectivity index (χ2n) is 15.6. The van der Waals surface area contributed by atoms with Gasteiger partial charge >= 0.3 is 0 Å². The summed E-state index contributed by atoms with van der Waals surface area (Å²) < 4.78 is 52.3. The molecule has 6 aromatic carbocycles. The van der Waals surface area contributed by atoms with Crippen LogP contribution in [0.5, 0.6) is 23.0 Å². The van der Waals surface area contributed by atoms with E-state index in [2.05, 4.69) is 20.2 Å². The van der Waals surface area contributed by atoms with E-state index in [-0.39, 0.29) is 30.1 Å². The van der Waals surface area contributed by atoms with Crippen molar-refractivity contribution < 1.29 is 42.4 Å². The van der Waals surface area contributed by atoms with E-state index in [0.29, 0.717) is 81.0 Å². The first kappa shape index (κ1) is 46.7. The number of aliphatic hydroxyl groups excluding tert-OH is 1. The summed E-state index contributed by atoms with van der Waals surface area (Å²) >= 11 is 0. The second kappa shape index (κ2) is 22.6. The molecule has 14 nitrogen and oxygen atoms in total. The number of hydrogen-bond acceptors (Lipinski definition) is 10. The summed E-state index contributed by atoms with van der Waals surface area (Å²) in [5.74, 6) is 1.93. The second-order valence-corrected chi connectivity index (χ2v) is 15.6. The third-order valence-corrected chi connectivity index (χ3v) is 11.1. The Morgan fingerprint density at radius 2 is 0.985 bits per heavy atom. The molecule has 3 heterocycles. The molecule has 2 amide bonds. The number of nitrogens with zero attached hydrogens (tertiary/aromatic N) is 6. The molecule has 350 valence electrons. The van der Waals surface area contributed by atoms with E-state index >= 15 is 0 Å². The number of aliphatic hydroxyl groups is 1. The van der Waals surface area contributed by atoms with Crippen molar-refractivity contribution in [2.45, 2.75) is 6.92 Å². The maximum absolute atomic E-state index is 13.0. The zero-order valence-electron chi connectivity index (χ0n) is 37.5. The highest BCUT2D eigenvalue weighted by atomic mass is 19.1. The fraction of sp³-hybridized carbons (Fsp3) is 0.231. The highest BCUT2D eigenvalue weighted by Gasteiger charge is 2.22. The number of rotatable bonds is 17. The van der Waals surface area contributed by atoms with Crippen LogP contribution in [0.3, 0.4) is 0 Å². The van der Waals surface area contributed by atoms with E-state index in [1.807, 2.05) is 93.8 Å². The Morgan fingerprint density at radius 3 is 1.41 bits per heavy atom. The molecule has 1 saturated heterocycles. The molecule has 0 bridgehead atoms. The zero-order chi connectivity index (χ0) is 47.2. The van der Waals surface area contributed by atoms with E-state index in [1.165, 1.54) is 24.3 Å². The Balaban J connectivity index is 0.000000187. The van der Waals surface area contributed by atoms with Crippen LogP contribution in [0.2, 0.25) is 0 Å². The number of ether oxygens (including phenoxy) is 4. The molecule has 0 saturated carbocycles. The number of halogens is 2. The van der Waals surface area contributed by atoms with Gasteiger partial charge in [-0.2, -0.15) is 0 Å².